The number of benzene rings is 2. The van der Waals surface area contributed by atoms with Crippen LogP contribution in [0.15, 0.2) is 59.5 Å². The number of hydrogen-bond donors (Lipinski definition) is 2. The molecule has 3 nitrogen and oxygen atoms in total. The molecule has 1 atom stereocenters. The summed E-state index contributed by atoms with van der Waals surface area (Å²) >= 11 is 1.78. The fourth-order valence-corrected chi connectivity index (χ4v) is 3.01. The first-order valence-electron chi connectivity index (χ1n) is 7.09. The Morgan fingerprint density at radius 1 is 1.10 bits per heavy atom. The maximum Gasteiger partial charge on any atom is 0.120 e. The Morgan fingerprint density at radius 2 is 1.86 bits per heavy atom. The highest BCUT2D eigenvalue weighted by Gasteiger charge is 2.11. The maximum atomic E-state index is 5.74. The molecule has 0 saturated carbocycles. The Labute approximate surface area is 130 Å². The van der Waals surface area contributed by atoms with Gasteiger partial charge in [0, 0.05) is 10.6 Å². The standard InChI is InChI=1S/C17H22N2OS/c1-13(2)20-15-8-6-7-14(11-15)17(19-18)12-21-16-9-4-3-5-10-16/h3-11,13,17,19H,12,18H2,1-2H3. The molecule has 0 aliphatic rings. The normalized spacial score (nSPS) is 12.4. The van der Waals surface area contributed by atoms with Gasteiger partial charge in [-0.05, 0) is 43.7 Å². The minimum Gasteiger partial charge on any atom is -0.491 e. The molecule has 0 aliphatic heterocycles. The molecule has 2 aromatic carbocycles. The SMILES string of the molecule is CC(C)Oc1cccc(C(CSc2ccccc2)NN)c1. The van der Waals surface area contributed by atoms with Crippen molar-refractivity contribution < 1.29 is 4.74 Å². The molecule has 2 aromatic rings. The second-order valence-corrected chi connectivity index (χ2v) is 6.18. The molecular formula is C17H22N2OS. The Bertz CT molecular complexity index is 545. The van der Waals surface area contributed by atoms with Gasteiger partial charge in [-0.1, -0.05) is 30.3 Å². The van der Waals surface area contributed by atoms with Gasteiger partial charge in [-0.3, -0.25) is 11.3 Å². The van der Waals surface area contributed by atoms with Crippen LogP contribution in [0.3, 0.4) is 0 Å². The van der Waals surface area contributed by atoms with Gasteiger partial charge in [0.25, 0.3) is 0 Å². The van der Waals surface area contributed by atoms with Crippen molar-refractivity contribution in [2.45, 2.75) is 30.9 Å². The van der Waals surface area contributed by atoms with E-state index in [1.807, 2.05) is 44.2 Å². The van der Waals surface area contributed by atoms with E-state index in [1.165, 1.54) is 4.90 Å². The predicted molar refractivity (Wildman–Crippen MR) is 89.4 cm³/mol. The van der Waals surface area contributed by atoms with Gasteiger partial charge in [-0.2, -0.15) is 0 Å². The molecule has 0 spiro atoms. The molecule has 1 unspecified atom stereocenters. The van der Waals surface area contributed by atoms with E-state index >= 15 is 0 Å². The third-order valence-corrected chi connectivity index (χ3v) is 4.10. The lowest BCUT2D eigenvalue weighted by atomic mass is 10.1. The smallest absolute Gasteiger partial charge is 0.120 e. The van der Waals surface area contributed by atoms with Crippen molar-refractivity contribution in [3.05, 3.63) is 60.2 Å². The summed E-state index contributed by atoms with van der Waals surface area (Å²) in [7, 11) is 0. The van der Waals surface area contributed by atoms with Crippen molar-refractivity contribution in [2.24, 2.45) is 5.84 Å². The zero-order valence-electron chi connectivity index (χ0n) is 12.5. The van der Waals surface area contributed by atoms with Crippen LogP contribution in [0.1, 0.15) is 25.5 Å². The first-order chi connectivity index (χ1) is 10.2. The average molecular weight is 302 g/mol. The molecule has 2 rings (SSSR count). The predicted octanol–water partition coefficient (Wildman–Crippen LogP) is 3.77. The Balaban J connectivity index is 2.03. The zero-order valence-corrected chi connectivity index (χ0v) is 13.3. The number of rotatable bonds is 7. The Morgan fingerprint density at radius 3 is 2.52 bits per heavy atom. The van der Waals surface area contributed by atoms with Gasteiger partial charge < -0.3 is 4.74 Å². The molecule has 0 aliphatic carbocycles. The van der Waals surface area contributed by atoms with Gasteiger partial charge in [0.2, 0.25) is 0 Å². The number of thioether (sulfide) groups is 1. The van der Waals surface area contributed by atoms with Crippen LogP contribution in [-0.2, 0) is 0 Å². The summed E-state index contributed by atoms with van der Waals surface area (Å²) in [5.74, 6) is 7.46. The van der Waals surface area contributed by atoms with Crippen LogP contribution in [-0.4, -0.2) is 11.9 Å². The molecule has 4 heteroatoms. The van der Waals surface area contributed by atoms with E-state index in [0.717, 1.165) is 17.1 Å². The molecule has 0 fully saturated rings. The van der Waals surface area contributed by atoms with E-state index in [1.54, 1.807) is 11.8 Å². The number of ether oxygens (including phenoxy) is 1. The highest BCUT2D eigenvalue weighted by molar-refractivity contribution is 7.99. The average Bonchev–Trinajstić information content (AvgIpc) is 2.49. The van der Waals surface area contributed by atoms with Crippen molar-refractivity contribution in [2.75, 3.05) is 5.75 Å². The molecule has 0 amide bonds. The van der Waals surface area contributed by atoms with Crippen molar-refractivity contribution in [1.82, 2.24) is 5.43 Å². The second kappa shape index (κ2) is 8.08. The monoisotopic (exact) mass is 302 g/mol. The van der Waals surface area contributed by atoms with E-state index in [9.17, 15) is 0 Å². The summed E-state index contributed by atoms with van der Waals surface area (Å²) in [5, 5.41) is 0. The molecule has 0 bridgehead atoms. The van der Waals surface area contributed by atoms with E-state index < -0.39 is 0 Å². The molecule has 0 aromatic heterocycles. The minimum absolute atomic E-state index is 0.0888. The highest BCUT2D eigenvalue weighted by atomic mass is 32.2. The number of nitrogens with two attached hydrogens (primary N) is 1. The van der Waals surface area contributed by atoms with Gasteiger partial charge in [0.15, 0.2) is 0 Å². The minimum atomic E-state index is 0.0888. The summed E-state index contributed by atoms with van der Waals surface area (Å²) < 4.78 is 5.74. The van der Waals surface area contributed by atoms with Gasteiger partial charge in [-0.15, -0.1) is 11.8 Å². The quantitative estimate of drug-likeness (QED) is 0.464. The van der Waals surface area contributed by atoms with Gasteiger partial charge in [-0.25, -0.2) is 0 Å². The van der Waals surface area contributed by atoms with Crippen LogP contribution in [0.25, 0.3) is 0 Å². The van der Waals surface area contributed by atoms with Crippen molar-refractivity contribution in [3.8, 4) is 5.75 Å². The van der Waals surface area contributed by atoms with Crippen LogP contribution in [0.4, 0.5) is 0 Å². The number of hydrazine groups is 1. The topological polar surface area (TPSA) is 47.3 Å². The molecule has 3 N–H and O–H groups in total. The van der Waals surface area contributed by atoms with Crippen molar-refractivity contribution in [1.29, 1.82) is 0 Å². The third kappa shape index (κ3) is 5.08. The van der Waals surface area contributed by atoms with E-state index in [0.29, 0.717) is 0 Å². The summed E-state index contributed by atoms with van der Waals surface area (Å²) in [4.78, 5) is 1.24. The molecule has 112 valence electrons. The largest absolute Gasteiger partial charge is 0.491 e. The third-order valence-electron chi connectivity index (χ3n) is 2.99. The van der Waals surface area contributed by atoms with Crippen LogP contribution in [0.2, 0.25) is 0 Å². The van der Waals surface area contributed by atoms with Crippen molar-refractivity contribution >= 4 is 11.8 Å². The highest BCUT2D eigenvalue weighted by Crippen LogP contribution is 2.26. The molecular weight excluding hydrogens is 280 g/mol. The van der Waals surface area contributed by atoms with E-state index in [-0.39, 0.29) is 12.1 Å². The van der Waals surface area contributed by atoms with Crippen molar-refractivity contribution in [3.63, 3.8) is 0 Å². The van der Waals surface area contributed by atoms with E-state index in [2.05, 4.69) is 29.7 Å². The van der Waals surface area contributed by atoms with Gasteiger partial charge in [0.1, 0.15) is 5.75 Å². The zero-order chi connectivity index (χ0) is 15.1. The van der Waals surface area contributed by atoms with Gasteiger partial charge in [0.05, 0.1) is 12.1 Å². The second-order valence-electron chi connectivity index (χ2n) is 5.08. The first kappa shape index (κ1) is 15.9. The summed E-state index contributed by atoms with van der Waals surface area (Å²) in [6, 6.07) is 18.5. The fraction of sp³-hybridized carbons (Fsp3) is 0.294. The molecule has 21 heavy (non-hydrogen) atoms. The summed E-state index contributed by atoms with van der Waals surface area (Å²) in [6.07, 6.45) is 0.170. The lowest BCUT2D eigenvalue weighted by molar-refractivity contribution is 0.242. The molecule has 0 heterocycles. The fourth-order valence-electron chi connectivity index (χ4n) is 2.01. The molecule has 0 radical (unpaired) electrons. The Hall–Kier alpha value is -1.49. The summed E-state index contributed by atoms with van der Waals surface area (Å²) in [6.45, 7) is 4.05. The lowest BCUT2D eigenvalue weighted by Crippen LogP contribution is -2.29. The first-order valence-corrected chi connectivity index (χ1v) is 8.08. The lowest BCUT2D eigenvalue weighted by Gasteiger charge is -2.18. The van der Waals surface area contributed by atoms with E-state index in [4.69, 9.17) is 10.6 Å². The molecule has 0 saturated heterocycles. The van der Waals surface area contributed by atoms with Gasteiger partial charge >= 0.3 is 0 Å². The Kier molecular flexibility index (Phi) is 6.11. The number of nitrogens with one attached hydrogen (secondary N) is 1. The van der Waals surface area contributed by atoms with Crippen LogP contribution in [0.5, 0.6) is 5.75 Å². The summed E-state index contributed by atoms with van der Waals surface area (Å²) in [5.41, 5.74) is 4.03. The van der Waals surface area contributed by atoms with Crippen LogP contribution < -0.4 is 16.0 Å². The maximum absolute atomic E-state index is 5.74. The number of hydrogen-bond acceptors (Lipinski definition) is 4. The van der Waals surface area contributed by atoms with Crippen LogP contribution in [0, 0.1) is 0 Å². The van der Waals surface area contributed by atoms with Crippen LogP contribution >= 0.6 is 11.8 Å².